The number of amides is 3. The maximum atomic E-state index is 12.4. The van der Waals surface area contributed by atoms with E-state index in [0.29, 0.717) is 11.3 Å². The first-order valence-corrected chi connectivity index (χ1v) is 11.1. The number of benzene rings is 1. The highest BCUT2D eigenvalue weighted by Gasteiger charge is 2.28. The second kappa shape index (κ2) is 8.81. The van der Waals surface area contributed by atoms with Crippen LogP contribution in [0.25, 0.3) is 0 Å². The number of carbonyl (C=O) groups is 3. The zero-order valence-corrected chi connectivity index (χ0v) is 17.8. The summed E-state index contributed by atoms with van der Waals surface area (Å²) in [5.74, 6) is -0.896. The van der Waals surface area contributed by atoms with Crippen LogP contribution in [0.15, 0.2) is 24.3 Å². The number of nitrogens with zero attached hydrogens (tertiary/aromatic N) is 1. The van der Waals surface area contributed by atoms with Crippen molar-refractivity contribution in [2.75, 3.05) is 29.9 Å². The van der Waals surface area contributed by atoms with Gasteiger partial charge in [0.2, 0.25) is 5.91 Å². The first-order valence-electron chi connectivity index (χ1n) is 9.26. The lowest BCUT2D eigenvalue weighted by molar-refractivity contribution is -0.132. The zero-order valence-electron chi connectivity index (χ0n) is 17.0. The van der Waals surface area contributed by atoms with Crippen molar-refractivity contribution in [2.45, 2.75) is 39.3 Å². The minimum atomic E-state index is -3.08. The third kappa shape index (κ3) is 7.04. The summed E-state index contributed by atoms with van der Waals surface area (Å²) in [7, 11) is -3.08. The fraction of sp³-hybridized carbons (Fsp3) is 0.526. The number of anilines is 1. The van der Waals surface area contributed by atoms with E-state index in [1.54, 1.807) is 39.8 Å². The minimum Gasteiger partial charge on any atom is -0.444 e. The average molecular weight is 426 g/mol. The number of hydrogen-bond donors (Lipinski definition) is 2. The topological polar surface area (TPSA) is 122 Å². The first kappa shape index (κ1) is 22.7. The summed E-state index contributed by atoms with van der Waals surface area (Å²) >= 11 is 0. The average Bonchev–Trinajstić information content (AvgIpc) is 2.60. The van der Waals surface area contributed by atoms with Gasteiger partial charge in [-0.15, -0.1) is 0 Å². The van der Waals surface area contributed by atoms with Crippen LogP contribution in [0.1, 0.15) is 38.1 Å². The van der Waals surface area contributed by atoms with Gasteiger partial charge in [-0.3, -0.25) is 14.9 Å². The Morgan fingerprint density at radius 1 is 1.07 bits per heavy atom. The van der Waals surface area contributed by atoms with E-state index in [4.69, 9.17) is 4.74 Å². The van der Waals surface area contributed by atoms with Gasteiger partial charge in [-0.1, -0.05) is 0 Å². The van der Waals surface area contributed by atoms with E-state index in [0.717, 1.165) is 0 Å². The lowest BCUT2D eigenvalue weighted by atomic mass is 10.1. The molecule has 1 fully saturated rings. The number of sulfone groups is 1. The minimum absolute atomic E-state index is 0.0640. The van der Waals surface area contributed by atoms with Crippen LogP contribution in [-0.4, -0.2) is 67.5 Å². The fourth-order valence-electron chi connectivity index (χ4n) is 2.67. The van der Waals surface area contributed by atoms with Gasteiger partial charge in [0.1, 0.15) is 11.6 Å². The van der Waals surface area contributed by atoms with Crippen molar-refractivity contribution in [3.63, 3.8) is 0 Å². The van der Waals surface area contributed by atoms with Crippen molar-refractivity contribution in [3.05, 3.63) is 29.8 Å². The summed E-state index contributed by atoms with van der Waals surface area (Å²) in [5.41, 5.74) is 0.167. The number of ether oxygens (including phenoxy) is 1. The molecule has 0 spiro atoms. The molecule has 1 unspecified atom stereocenters. The Balaban J connectivity index is 1.90. The number of nitrogens with one attached hydrogen (secondary N) is 2. The van der Waals surface area contributed by atoms with Gasteiger partial charge in [0.05, 0.1) is 11.5 Å². The van der Waals surface area contributed by atoms with E-state index in [1.165, 1.54) is 17.0 Å². The fourth-order valence-corrected chi connectivity index (χ4v) is 3.88. The van der Waals surface area contributed by atoms with Gasteiger partial charge in [0.15, 0.2) is 9.84 Å². The van der Waals surface area contributed by atoms with Crippen LogP contribution < -0.4 is 10.6 Å². The van der Waals surface area contributed by atoms with E-state index in [1.807, 2.05) is 0 Å². The molecular weight excluding hydrogens is 398 g/mol. The third-order valence-corrected chi connectivity index (χ3v) is 5.78. The van der Waals surface area contributed by atoms with E-state index in [2.05, 4.69) is 10.6 Å². The molecule has 160 valence electrons. The van der Waals surface area contributed by atoms with E-state index in [9.17, 15) is 22.8 Å². The van der Waals surface area contributed by atoms with Crippen LogP contribution in [0.5, 0.6) is 0 Å². The second-order valence-electron chi connectivity index (χ2n) is 7.88. The maximum absolute atomic E-state index is 12.4. The van der Waals surface area contributed by atoms with Crippen LogP contribution in [0, 0.1) is 0 Å². The summed E-state index contributed by atoms with van der Waals surface area (Å²) in [5, 5.41) is 5.18. The summed E-state index contributed by atoms with van der Waals surface area (Å²) in [4.78, 5) is 38.0. The number of carbonyl (C=O) groups excluding carboxylic acids is 3. The second-order valence-corrected chi connectivity index (χ2v) is 10.2. The summed E-state index contributed by atoms with van der Waals surface area (Å²) < 4.78 is 28.1. The van der Waals surface area contributed by atoms with Gasteiger partial charge < -0.3 is 15.0 Å². The zero-order chi connectivity index (χ0) is 21.8. The molecule has 10 heteroatoms. The molecule has 0 saturated carbocycles. The molecule has 0 bridgehead atoms. The van der Waals surface area contributed by atoms with Crippen LogP contribution in [0.3, 0.4) is 0 Å². The number of rotatable bonds is 4. The Labute approximate surface area is 170 Å². The predicted octanol–water partition coefficient (Wildman–Crippen LogP) is 1.41. The van der Waals surface area contributed by atoms with Crippen LogP contribution in [0.4, 0.5) is 10.5 Å². The van der Waals surface area contributed by atoms with Crippen molar-refractivity contribution in [1.29, 1.82) is 0 Å². The highest BCUT2D eigenvalue weighted by Crippen LogP contribution is 2.13. The molecule has 2 rings (SSSR count). The summed E-state index contributed by atoms with van der Waals surface area (Å²) in [6.45, 7) is 7.09. The summed E-state index contributed by atoms with van der Waals surface area (Å²) in [6.07, 6.45) is -0.600. The first-order chi connectivity index (χ1) is 13.4. The van der Waals surface area contributed by atoms with Gasteiger partial charge in [-0.2, -0.15) is 0 Å². The SMILES string of the molecule is CC(NC(=O)c1ccc(NC(=O)OC(C)(C)C)cc1)C(=O)N1CCS(=O)(=O)CC1. The Kier molecular flexibility index (Phi) is 6.89. The highest BCUT2D eigenvalue weighted by atomic mass is 32.2. The molecule has 1 heterocycles. The van der Waals surface area contributed by atoms with Crippen molar-refractivity contribution in [1.82, 2.24) is 10.2 Å². The molecule has 1 aliphatic heterocycles. The molecule has 0 aromatic heterocycles. The van der Waals surface area contributed by atoms with Crippen LogP contribution in [-0.2, 0) is 19.4 Å². The quantitative estimate of drug-likeness (QED) is 0.752. The monoisotopic (exact) mass is 425 g/mol. The maximum Gasteiger partial charge on any atom is 0.412 e. The van der Waals surface area contributed by atoms with Gasteiger partial charge >= 0.3 is 6.09 Å². The standard InChI is InChI=1S/C19H27N3O6S/c1-13(17(24)22-9-11-29(26,27)12-10-22)20-16(23)14-5-7-15(8-6-14)21-18(25)28-19(2,3)4/h5-8,13H,9-12H2,1-4H3,(H,20,23)(H,21,25). The highest BCUT2D eigenvalue weighted by molar-refractivity contribution is 7.91. The molecule has 0 radical (unpaired) electrons. The van der Waals surface area contributed by atoms with E-state index in [-0.39, 0.29) is 30.5 Å². The molecule has 29 heavy (non-hydrogen) atoms. The Bertz CT molecular complexity index is 860. The molecule has 0 aliphatic carbocycles. The van der Waals surface area contributed by atoms with Crippen molar-refractivity contribution in [3.8, 4) is 0 Å². The smallest absolute Gasteiger partial charge is 0.412 e. The lowest BCUT2D eigenvalue weighted by Crippen LogP contribution is -2.51. The molecule has 2 N–H and O–H groups in total. The molecule has 1 aromatic carbocycles. The molecular formula is C19H27N3O6S. The van der Waals surface area contributed by atoms with E-state index < -0.39 is 33.5 Å². The molecule has 1 aliphatic rings. The number of hydrogen-bond acceptors (Lipinski definition) is 6. The lowest BCUT2D eigenvalue weighted by Gasteiger charge is -2.29. The van der Waals surface area contributed by atoms with Gasteiger partial charge in [0, 0.05) is 24.3 Å². The molecule has 1 aromatic rings. The van der Waals surface area contributed by atoms with Crippen LogP contribution >= 0.6 is 0 Å². The molecule has 1 atom stereocenters. The summed E-state index contributed by atoms with van der Waals surface area (Å²) in [6, 6.07) is 5.36. The van der Waals surface area contributed by atoms with Crippen molar-refractivity contribution < 1.29 is 27.5 Å². The van der Waals surface area contributed by atoms with Crippen molar-refractivity contribution >= 4 is 33.4 Å². The predicted molar refractivity (Wildman–Crippen MR) is 108 cm³/mol. The largest absolute Gasteiger partial charge is 0.444 e. The Morgan fingerprint density at radius 3 is 2.14 bits per heavy atom. The van der Waals surface area contributed by atoms with E-state index >= 15 is 0 Å². The van der Waals surface area contributed by atoms with Gasteiger partial charge in [-0.25, -0.2) is 13.2 Å². The molecule has 3 amide bonds. The normalized spacial score (nSPS) is 17.2. The van der Waals surface area contributed by atoms with Crippen molar-refractivity contribution in [2.24, 2.45) is 0 Å². The van der Waals surface area contributed by atoms with Crippen LogP contribution in [0.2, 0.25) is 0 Å². The molecule has 1 saturated heterocycles. The third-order valence-electron chi connectivity index (χ3n) is 4.17. The Morgan fingerprint density at radius 2 is 1.62 bits per heavy atom. The van der Waals surface area contributed by atoms with Gasteiger partial charge in [-0.05, 0) is 52.0 Å². The Hall–Kier alpha value is -2.62. The van der Waals surface area contributed by atoms with Gasteiger partial charge in [0.25, 0.3) is 5.91 Å². The molecule has 9 nitrogen and oxygen atoms in total.